The zero-order valence-electron chi connectivity index (χ0n) is 9.26. The number of hydrogen-bond donors (Lipinski definition) is 1. The van der Waals surface area contributed by atoms with Crippen LogP contribution in [-0.4, -0.2) is 50.4 Å². The third kappa shape index (κ3) is 2.55. The summed E-state index contributed by atoms with van der Waals surface area (Å²) >= 11 is 0. The maximum absolute atomic E-state index is 11.6. The lowest BCUT2D eigenvalue weighted by atomic mass is 10.1. The van der Waals surface area contributed by atoms with Gasteiger partial charge in [0.25, 0.3) is 0 Å². The Morgan fingerprint density at radius 3 is 2.62 bits per heavy atom. The van der Waals surface area contributed by atoms with Crippen molar-refractivity contribution in [3.05, 3.63) is 0 Å². The van der Waals surface area contributed by atoms with Crippen LogP contribution >= 0.6 is 0 Å². The van der Waals surface area contributed by atoms with Crippen LogP contribution in [-0.2, 0) is 14.6 Å². The minimum Gasteiger partial charge on any atom is -0.342 e. The van der Waals surface area contributed by atoms with Crippen LogP contribution in [0.1, 0.15) is 12.8 Å². The summed E-state index contributed by atoms with van der Waals surface area (Å²) in [6.07, 6.45) is 1.22. The molecule has 6 heteroatoms. The summed E-state index contributed by atoms with van der Waals surface area (Å²) in [4.78, 5) is 13.4. The lowest BCUT2D eigenvalue weighted by molar-refractivity contribution is -0.128. The molecule has 2 rings (SSSR count). The summed E-state index contributed by atoms with van der Waals surface area (Å²) in [6.45, 7) is 1.83. The molecule has 2 fully saturated rings. The van der Waals surface area contributed by atoms with Gasteiger partial charge in [0.2, 0.25) is 5.91 Å². The first-order chi connectivity index (χ1) is 7.50. The second-order valence-electron chi connectivity index (χ2n) is 4.87. The molecule has 2 saturated heterocycles. The van der Waals surface area contributed by atoms with Crippen LogP contribution in [0.4, 0.5) is 0 Å². The Balaban J connectivity index is 1.89. The van der Waals surface area contributed by atoms with Gasteiger partial charge in [0.05, 0.1) is 11.5 Å². The molecule has 2 heterocycles. The quantitative estimate of drug-likeness (QED) is 0.709. The molecule has 2 N–H and O–H groups in total. The number of sulfone groups is 1. The molecule has 2 unspecified atom stereocenters. The standard InChI is InChI=1S/C10H18N2O3S/c11-4-9-3-10(13)12(6-9)5-8-1-2-16(14,15)7-8/h8-9H,1-7,11H2. The van der Waals surface area contributed by atoms with Crippen molar-refractivity contribution in [3.63, 3.8) is 0 Å². The van der Waals surface area contributed by atoms with E-state index in [4.69, 9.17) is 5.73 Å². The molecule has 16 heavy (non-hydrogen) atoms. The molecule has 0 radical (unpaired) electrons. The molecule has 92 valence electrons. The van der Waals surface area contributed by atoms with Gasteiger partial charge in [-0.25, -0.2) is 8.42 Å². The highest BCUT2D eigenvalue weighted by molar-refractivity contribution is 7.91. The Kier molecular flexibility index (Phi) is 3.21. The van der Waals surface area contributed by atoms with Crippen LogP contribution in [0.3, 0.4) is 0 Å². The molecule has 0 bridgehead atoms. The number of carbonyl (C=O) groups excluding carboxylic acids is 1. The predicted octanol–water partition coefficient (Wildman–Crippen LogP) is -0.772. The molecule has 2 atom stereocenters. The zero-order chi connectivity index (χ0) is 11.8. The maximum Gasteiger partial charge on any atom is 0.222 e. The van der Waals surface area contributed by atoms with Gasteiger partial charge in [-0.15, -0.1) is 0 Å². The molecular formula is C10H18N2O3S. The number of carbonyl (C=O) groups is 1. The Hall–Kier alpha value is -0.620. The molecule has 1 amide bonds. The molecule has 0 aromatic rings. The predicted molar refractivity (Wildman–Crippen MR) is 60.5 cm³/mol. The minimum absolute atomic E-state index is 0.125. The molecule has 0 spiro atoms. The van der Waals surface area contributed by atoms with Gasteiger partial charge in [0.15, 0.2) is 9.84 Å². The molecule has 0 aromatic heterocycles. The van der Waals surface area contributed by atoms with E-state index in [9.17, 15) is 13.2 Å². The van der Waals surface area contributed by atoms with Crippen molar-refractivity contribution in [1.29, 1.82) is 0 Å². The van der Waals surface area contributed by atoms with Crippen molar-refractivity contribution in [2.45, 2.75) is 12.8 Å². The van der Waals surface area contributed by atoms with Gasteiger partial charge in [-0.2, -0.15) is 0 Å². The van der Waals surface area contributed by atoms with Crippen molar-refractivity contribution in [1.82, 2.24) is 4.90 Å². The number of likely N-dealkylation sites (tertiary alicyclic amines) is 1. The smallest absolute Gasteiger partial charge is 0.222 e. The summed E-state index contributed by atoms with van der Waals surface area (Å²) in [5, 5.41) is 0. The second kappa shape index (κ2) is 4.33. The van der Waals surface area contributed by atoms with E-state index < -0.39 is 9.84 Å². The average Bonchev–Trinajstić information content (AvgIpc) is 2.71. The largest absolute Gasteiger partial charge is 0.342 e. The fourth-order valence-corrected chi connectivity index (χ4v) is 4.37. The van der Waals surface area contributed by atoms with Crippen molar-refractivity contribution in [2.75, 3.05) is 31.1 Å². The molecule has 2 aliphatic rings. The van der Waals surface area contributed by atoms with Crippen LogP contribution in [0.15, 0.2) is 0 Å². The topological polar surface area (TPSA) is 80.5 Å². The van der Waals surface area contributed by atoms with Crippen molar-refractivity contribution in [2.24, 2.45) is 17.6 Å². The summed E-state index contributed by atoms with van der Waals surface area (Å²) in [5.74, 6) is 1.03. The number of nitrogens with two attached hydrogens (primary N) is 1. The molecule has 2 aliphatic heterocycles. The second-order valence-corrected chi connectivity index (χ2v) is 7.10. The Morgan fingerprint density at radius 2 is 2.12 bits per heavy atom. The van der Waals surface area contributed by atoms with E-state index in [0.29, 0.717) is 32.5 Å². The van der Waals surface area contributed by atoms with Crippen molar-refractivity contribution in [3.8, 4) is 0 Å². The van der Waals surface area contributed by atoms with Gasteiger partial charge in [0.1, 0.15) is 0 Å². The average molecular weight is 246 g/mol. The summed E-state index contributed by atoms with van der Waals surface area (Å²) < 4.78 is 22.6. The SMILES string of the molecule is NCC1CC(=O)N(CC2CCS(=O)(=O)C2)C1. The summed E-state index contributed by atoms with van der Waals surface area (Å²) in [6, 6.07) is 0. The van der Waals surface area contributed by atoms with Crippen LogP contribution in [0.5, 0.6) is 0 Å². The van der Waals surface area contributed by atoms with E-state index in [1.807, 2.05) is 0 Å². The van der Waals surface area contributed by atoms with Crippen LogP contribution in [0.2, 0.25) is 0 Å². The fourth-order valence-electron chi connectivity index (χ4n) is 2.52. The lowest BCUT2D eigenvalue weighted by Gasteiger charge is -2.19. The summed E-state index contributed by atoms with van der Waals surface area (Å²) in [5.41, 5.74) is 5.53. The first-order valence-corrected chi connectivity index (χ1v) is 7.50. The van der Waals surface area contributed by atoms with E-state index in [1.54, 1.807) is 4.90 Å². The van der Waals surface area contributed by atoms with Gasteiger partial charge >= 0.3 is 0 Å². The number of amides is 1. The normalized spacial score (nSPS) is 33.6. The minimum atomic E-state index is -2.84. The monoisotopic (exact) mass is 246 g/mol. The highest BCUT2D eigenvalue weighted by Crippen LogP contribution is 2.23. The lowest BCUT2D eigenvalue weighted by Crippen LogP contribution is -2.32. The van der Waals surface area contributed by atoms with Crippen LogP contribution in [0.25, 0.3) is 0 Å². The van der Waals surface area contributed by atoms with Gasteiger partial charge in [0, 0.05) is 19.5 Å². The first-order valence-electron chi connectivity index (χ1n) is 5.68. The van der Waals surface area contributed by atoms with Crippen LogP contribution < -0.4 is 5.73 Å². The van der Waals surface area contributed by atoms with E-state index in [0.717, 1.165) is 0 Å². The van der Waals surface area contributed by atoms with Crippen molar-refractivity contribution < 1.29 is 13.2 Å². The number of hydrogen-bond acceptors (Lipinski definition) is 4. The fraction of sp³-hybridized carbons (Fsp3) is 0.900. The number of rotatable bonds is 3. The Morgan fingerprint density at radius 1 is 1.38 bits per heavy atom. The van der Waals surface area contributed by atoms with E-state index in [1.165, 1.54) is 0 Å². The van der Waals surface area contributed by atoms with Gasteiger partial charge < -0.3 is 10.6 Å². The third-order valence-electron chi connectivity index (χ3n) is 3.43. The highest BCUT2D eigenvalue weighted by Gasteiger charge is 2.34. The summed E-state index contributed by atoms with van der Waals surface area (Å²) in [7, 11) is -2.84. The van der Waals surface area contributed by atoms with E-state index in [-0.39, 0.29) is 29.2 Å². The Labute approximate surface area is 95.9 Å². The third-order valence-corrected chi connectivity index (χ3v) is 5.27. The van der Waals surface area contributed by atoms with Crippen LogP contribution in [0, 0.1) is 11.8 Å². The highest BCUT2D eigenvalue weighted by atomic mass is 32.2. The first kappa shape index (κ1) is 11.9. The Bertz CT molecular complexity index is 380. The van der Waals surface area contributed by atoms with E-state index in [2.05, 4.69) is 0 Å². The van der Waals surface area contributed by atoms with Gasteiger partial charge in [-0.05, 0) is 24.8 Å². The maximum atomic E-state index is 11.6. The van der Waals surface area contributed by atoms with Gasteiger partial charge in [-0.3, -0.25) is 4.79 Å². The molecular weight excluding hydrogens is 228 g/mol. The van der Waals surface area contributed by atoms with Crippen molar-refractivity contribution >= 4 is 15.7 Å². The molecule has 0 saturated carbocycles. The molecule has 5 nitrogen and oxygen atoms in total. The zero-order valence-corrected chi connectivity index (χ0v) is 10.1. The number of nitrogens with zero attached hydrogens (tertiary/aromatic N) is 1. The van der Waals surface area contributed by atoms with E-state index >= 15 is 0 Å². The molecule has 0 aliphatic carbocycles. The van der Waals surface area contributed by atoms with Gasteiger partial charge in [-0.1, -0.05) is 0 Å². The molecule has 0 aromatic carbocycles.